The molecule has 1 saturated carbocycles. The second-order valence-corrected chi connectivity index (χ2v) is 5.03. The highest BCUT2D eigenvalue weighted by atomic mass is 35.5. The van der Waals surface area contributed by atoms with Gasteiger partial charge in [0.1, 0.15) is 0 Å². The Morgan fingerprint density at radius 2 is 1.87 bits per heavy atom. The molecule has 0 N–H and O–H groups in total. The third-order valence-corrected chi connectivity index (χ3v) is 3.89. The van der Waals surface area contributed by atoms with Crippen LogP contribution in [0.3, 0.4) is 0 Å². The average Bonchev–Trinajstić information content (AvgIpc) is 2.46. The summed E-state index contributed by atoms with van der Waals surface area (Å²) in [4.78, 5) is 4.04. The molecule has 0 radical (unpaired) electrons. The predicted molar refractivity (Wildman–Crippen MR) is 64.2 cm³/mol. The Bertz CT molecular complexity index is 286. The van der Waals surface area contributed by atoms with Gasteiger partial charge in [0, 0.05) is 17.8 Å². The molecule has 0 saturated heterocycles. The molecule has 1 aliphatic carbocycles. The van der Waals surface area contributed by atoms with Gasteiger partial charge in [0.25, 0.3) is 0 Å². The topological polar surface area (TPSA) is 12.9 Å². The van der Waals surface area contributed by atoms with Crippen molar-refractivity contribution < 1.29 is 0 Å². The number of alkyl halides is 1. The van der Waals surface area contributed by atoms with E-state index in [0.717, 1.165) is 6.42 Å². The van der Waals surface area contributed by atoms with Crippen LogP contribution >= 0.6 is 11.6 Å². The fourth-order valence-corrected chi connectivity index (χ4v) is 2.76. The monoisotopic (exact) mass is 223 g/mol. The van der Waals surface area contributed by atoms with Crippen LogP contribution in [0.25, 0.3) is 0 Å². The average molecular weight is 224 g/mol. The van der Waals surface area contributed by atoms with Gasteiger partial charge >= 0.3 is 0 Å². The third-order valence-electron chi connectivity index (χ3n) is 3.31. The zero-order valence-corrected chi connectivity index (χ0v) is 9.79. The van der Waals surface area contributed by atoms with Crippen LogP contribution in [-0.2, 0) is 6.42 Å². The van der Waals surface area contributed by atoms with Crippen LogP contribution in [0, 0.1) is 5.92 Å². The largest absolute Gasteiger partial charge is 0.265 e. The number of nitrogens with zero attached hydrogens (tertiary/aromatic N) is 1. The summed E-state index contributed by atoms with van der Waals surface area (Å²) in [7, 11) is 0. The molecule has 0 bridgehead atoms. The van der Waals surface area contributed by atoms with Gasteiger partial charge in [0.05, 0.1) is 0 Å². The van der Waals surface area contributed by atoms with Gasteiger partial charge in [-0.1, -0.05) is 19.3 Å². The molecule has 0 aromatic carbocycles. The first-order valence-corrected chi connectivity index (χ1v) is 6.33. The summed E-state index contributed by atoms with van der Waals surface area (Å²) >= 11 is 6.42. The fourth-order valence-electron chi connectivity index (χ4n) is 2.39. The van der Waals surface area contributed by atoms with Crippen molar-refractivity contribution in [2.45, 2.75) is 43.9 Å². The molecule has 1 nitrogen and oxygen atoms in total. The highest BCUT2D eigenvalue weighted by Gasteiger charge is 2.21. The lowest BCUT2D eigenvalue weighted by atomic mass is 9.92. The molecule has 0 aliphatic heterocycles. The van der Waals surface area contributed by atoms with Gasteiger partial charge in [0.15, 0.2) is 0 Å². The molecule has 1 fully saturated rings. The second kappa shape index (κ2) is 5.50. The molecular formula is C13H18ClN. The maximum atomic E-state index is 6.42. The molecule has 2 atom stereocenters. The first kappa shape index (κ1) is 10.9. The van der Waals surface area contributed by atoms with Crippen molar-refractivity contribution >= 4 is 11.6 Å². The summed E-state index contributed by atoms with van der Waals surface area (Å²) < 4.78 is 0. The number of pyridine rings is 1. The Morgan fingerprint density at radius 3 is 2.67 bits per heavy atom. The van der Waals surface area contributed by atoms with E-state index < -0.39 is 0 Å². The predicted octanol–water partition coefficient (Wildman–Crippen LogP) is 3.81. The molecule has 0 spiro atoms. The summed E-state index contributed by atoms with van der Waals surface area (Å²) in [5.74, 6) is 0.663. The first-order valence-electron chi connectivity index (χ1n) is 5.89. The molecule has 2 rings (SSSR count). The summed E-state index contributed by atoms with van der Waals surface area (Å²) in [6.45, 7) is 0. The van der Waals surface area contributed by atoms with Crippen molar-refractivity contribution in [2.75, 3.05) is 0 Å². The zero-order valence-electron chi connectivity index (χ0n) is 9.03. The van der Waals surface area contributed by atoms with E-state index in [9.17, 15) is 0 Å². The van der Waals surface area contributed by atoms with Gasteiger partial charge in [-0.05, 0) is 42.9 Å². The third kappa shape index (κ3) is 3.20. The Hall–Kier alpha value is -0.560. The number of aromatic nitrogens is 1. The normalized spacial score (nSPS) is 27.3. The molecular weight excluding hydrogens is 206 g/mol. The maximum absolute atomic E-state index is 6.42. The quantitative estimate of drug-likeness (QED) is 0.549. The van der Waals surface area contributed by atoms with Gasteiger partial charge in [-0.2, -0.15) is 0 Å². The van der Waals surface area contributed by atoms with Gasteiger partial charge in [-0.3, -0.25) is 4.98 Å². The first-order chi connectivity index (χ1) is 7.36. The number of halogens is 1. The van der Waals surface area contributed by atoms with Crippen LogP contribution in [0.2, 0.25) is 0 Å². The Balaban J connectivity index is 1.97. The molecule has 2 heteroatoms. The number of hydrogen-bond acceptors (Lipinski definition) is 1. The van der Waals surface area contributed by atoms with E-state index in [2.05, 4.69) is 17.1 Å². The molecule has 1 aromatic heterocycles. The number of rotatable bonds is 2. The lowest BCUT2D eigenvalue weighted by Crippen LogP contribution is -2.15. The van der Waals surface area contributed by atoms with E-state index in [0.29, 0.717) is 11.3 Å². The van der Waals surface area contributed by atoms with E-state index >= 15 is 0 Å². The van der Waals surface area contributed by atoms with Crippen molar-refractivity contribution in [1.29, 1.82) is 0 Å². The van der Waals surface area contributed by atoms with Gasteiger partial charge in [0.2, 0.25) is 0 Å². The standard InChI is InChI=1S/C13H18ClN/c14-13-5-3-1-2-4-12(13)10-11-6-8-15-9-7-11/h6-9,12-13H,1-5,10H2. The molecule has 2 unspecified atom stereocenters. The number of hydrogen-bond donors (Lipinski definition) is 0. The van der Waals surface area contributed by atoms with E-state index in [1.54, 1.807) is 0 Å². The lowest BCUT2D eigenvalue weighted by Gasteiger charge is -2.19. The molecule has 0 amide bonds. The minimum atomic E-state index is 0.376. The Labute approximate surface area is 96.9 Å². The molecule has 15 heavy (non-hydrogen) atoms. The van der Waals surface area contributed by atoms with E-state index in [-0.39, 0.29) is 0 Å². The van der Waals surface area contributed by atoms with Crippen LogP contribution in [0.1, 0.15) is 37.7 Å². The van der Waals surface area contributed by atoms with Gasteiger partial charge < -0.3 is 0 Å². The van der Waals surface area contributed by atoms with E-state index in [4.69, 9.17) is 11.6 Å². The van der Waals surface area contributed by atoms with Crippen molar-refractivity contribution in [3.63, 3.8) is 0 Å². The van der Waals surface area contributed by atoms with Crippen LogP contribution in [0.5, 0.6) is 0 Å². The molecule has 82 valence electrons. The van der Waals surface area contributed by atoms with Crippen molar-refractivity contribution in [2.24, 2.45) is 5.92 Å². The van der Waals surface area contributed by atoms with Crippen LogP contribution in [0.15, 0.2) is 24.5 Å². The minimum absolute atomic E-state index is 0.376. The Kier molecular flexibility index (Phi) is 4.01. The lowest BCUT2D eigenvalue weighted by molar-refractivity contribution is 0.465. The Morgan fingerprint density at radius 1 is 1.13 bits per heavy atom. The van der Waals surface area contributed by atoms with E-state index in [1.807, 2.05) is 12.4 Å². The van der Waals surface area contributed by atoms with Crippen molar-refractivity contribution in [3.8, 4) is 0 Å². The smallest absolute Gasteiger partial charge is 0.0367 e. The van der Waals surface area contributed by atoms with Crippen LogP contribution < -0.4 is 0 Å². The van der Waals surface area contributed by atoms with E-state index in [1.165, 1.54) is 37.7 Å². The van der Waals surface area contributed by atoms with Gasteiger partial charge in [-0.15, -0.1) is 11.6 Å². The SMILES string of the molecule is ClC1CCCCCC1Cc1ccncc1. The highest BCUT2D eigenvalue weighted by molar-refractivity contribution is 6.20. The van der Waals surface area contributed by atoms with Crippen LogP contribution in [-0.4, -0.2) is 10.4 Å². The minimum Gasteiger partial charge on any atom is -0.265 e. The fraction of sp³-hybridized carbons (Fsp3) is 0.615. The summed E-state index contributed by atoms with van der Waals surface area (Å²) in [5.41, 5.74) is 1.38. The highest BCUT2D eigenvalue weighted by Crippen LogP contribution is 2.29. The zero-order chi connectivity index (χ0) is 10.5. The van der Waals surface area contributed by atoms with Crippen molar-refractivity contribution in [1.82, 2.24) is 4.98 Å². The molecule has 1 heterocycles. The maximum Gasteiger partial charge on any atom is 0.0367 e. The van der Waals surface area contributed by atoms with Crippen LogP contribution in [0.4, 0.5) is 0 Å². The molecule has 1 aliphatic rings. The molecule has 1 aromatic rings. The summed E-state index contributed by atoms with van der Waals surface area (Å²) in [6.07, 6.45) is 11.4. The van der Waals surface area contributed by atoms with Gasteiger partial charge in [-0.25, -0.2) is 0 Å². The second-order valence-electron chi connectivity index (χ2n) is 4.47. The van der Waals surface area contributed by atoms with Crippen molar-refractivity contribution in [3.05, 3.63) is 30.1 Å². The summed E-state index contributed by atoms with van der Waals surface area (Å²) in [5, 5.41) is 0.376. The summed E-state index contributed by atoms with van der Waals surface area (Å²) in [6, 6.07) is 4.21.